The summed E-state index contributed by atoms with van der Waals surface area (Å²) < 4.78 is 61.3. The minimum absolute atomic E-state index is 0.0911. The summed E-state index contributed by atoms with van der Waals surface area (Å²) in [5.41, 5.74) is 3.41. The third-order valence-corrected chi connectivity index (χ3v) is 7.73. The maximum Gasteiger partial charge on any atom is 0.345 e. The van der Waals surface area contributed by atoms with Crippen molar-refractivity contribution in [2.45, 2.75) is 43.0 Å². The average molecular weight is 447 g/mol. The Bertz CT molecular complexity index is 1240. The molecule has 3 aromatic rings. The molecule has 0 amide bonds. The number of rotatable bonds is 4. The number of hydrogen-bond donors (Lipinski definition) is 0. The van der Waals surface area contributed by atoms with E-state index < -0.39 is 26.6 Å². The van der Waals surface area contributed by atoms with Gasteiger partial charge in [0.1, 0.15) is 17.4 Å². The number of aromatic nitrogens is 1. The first kappa shape index (κ1) is 20.5. The minimum Gasteiger partial charge on any atom is -0.379 e. The molecule has 2 aliphatic heterocycles. The molecule has 1 fully saturated rings. The highest BCUT2D eigenvalue weighted by atomic mass is 32.2. The Kier molecular flexibility index (Phi) is 5.01. The van der Waals surface area contributed by atoms with Gasteiger partial charge >= 0.3 is 10.1 Å². The summed E-state index contributed by atoms with van der Waals surface area (Å²) in [6.45, 7) is 2.87. The van der Waals surface area contributed by atoms with Gasteiger partial charge in [-0.3, -0.25) is 0 Å². The number of nitrogens with zero attached hydrogens (tertiary/aromatic N) is 2. The van der Waals surface area contributed by atoms with Gasteiger partial charge in [-0.15, -0.1) is 0 Å². The van der Waals surface area contributed by atoms with Gasteiger partial charge in [-0.1, -0.05) is 6.07 Å². The van der Waals surface area contributed by atoms with Gasteiger partial charge < -0.3 is 13.7 Å². The molecule has 5 nitrogen and oxygen atoms in total. The monoisotopic (exact) mass is 446 g/mol. The lowest BCUT2D eigenvalue weighted by molar-refractivity contribution is 0.255. The molecular formula is C23H24F2N2O3S. The van der Waals surface area contributed by atoms with Crippen LogP contribution in [0.3, 0.4) is 0 Å². The van der Waals surface area contributed by atoms with E-state index in [1.165, 1.54) is 5.69 Å². The van der Waals surface area contributed by atoms with E-state index in [4.69, 9.17) is 4.18 Å². The highest BCUT2D eigenvalue weighted by Gasteiger charge is 2.29. The van der Waals surface area contributed by atoms with Crippen LogP contribution >= 0.6 is 0 Å². The van der Waals surface area contributed by atoms with Gasteiger partial charge in [-0.25, -0.2) is 8.78 Å². The molecule has 164 valence electrons. The predicted octanol–water partition coefficient (Wildman–Crippen LogP) is 4.44. The van der Waals surface area contributed by atoms with Crippen molar-refractivity contribution < 1.29 is 21.4 Å². The fraction of sp³-hybridized carbons (Fsp3) is 0.391. The molecule has 8 heteroatoms. The number of likely N-dealkylation sites (tertiary alicyclic amines) is 1. The second-order valence-electron chi connectivity index (χ2n) is 8.51. The fourth-order valence-electron chi connectivity index (χ4n) is 4.92. The highest BCUT2D eigenvalue weighted by Crippen LogP contribution is 2.39. The van der Waals surface area contributed by atoms with Crippen molar-refractivity contribution in [3.63, 3.8) is 0 Å². The molecule has 0 unspecified atom stereocenters. The van der Waals surface area contributed by atoms with E-state index in [9.17, 15) is 17.2 Å². The van der Waals surface area contributed by atoms with Gasteiger partial charge in [0.25, 0.3) is 0 Å². The number of fused-ring (bicyclic) bond motifs is 3. The SMILES string of the molecule is CN1CCC(c2cc(OS(=O)(=O)c3c(F)cccc3F)cc3cc4n(c23)CCC4)CC1. The summed E-state index contributed by atoms with van der Waals surface area (Å²) in [6.07, 6.45) is 4.00. The number of hydrogen-bond acceptors (Lipinski definition) is 4. The Balaban J connectivity index is 1.60. The lowest BCUT2D eigenvalue weighted by Gasteiger charge is -2.30. The summed E-state index contributed by atoms with van der Waals surface area (Å²) >= 11 is 0. The highest BCUT2D eigenvalue weighted by molar-refractivity contribution is 7.87. The van der Waals surface area contributed by atoms with Crippen molar-refractivity contribution in [2.75, 3.05) is 20.1 Å². The molecule has 2 aromatic carbocycles. The van der Waals surface area contributed by atoms with Crippen molar-refractivity contribution in [2.24, 2.45) is 0 Å². The Morgan fingerprint density at radius 3 is 2.45 bits per heavy atom. The first-order chi connectivity index (χ1) is 14.8. The van der Waals surface area contributed by atoms with Crippen molar-refractivity contribution in [1.82, 2.24) is 9.47 Å². The largest absolute Gasteiger partial charge is 0.379 e. The van der Waals surface area contributed by atoms with E-state index in [-0.39, 0.29) is 11.7 Å². The lowest BCUT2D eigenvalue weighted by Crippen LogP contribution is -2.29. The second-order valence-corrected chi connectivity index (χ2v) is 9.99. The van der Waals surface area contributed by atoms with Crippen LogP contribution < -0.4 is 4.18 Å². The van der Waals surface area contributed by atoms with Gasteiger partial charge in [0.2, 0.25) is 0 Å². The van der Waals surface area contributed by atoms with E-state index in [0.29, 0.717) is 0 Å². The molecule has 5 rings (SSSR count). The topological polar surface area (TPSA) is 51.5 Å². The predicted molar refractivity (Wildman–Crippen MR) is 114 cm³/mol. The van der Waals surface area contributed by atoms with Gasteiger partial charge in [-0.2, -0.15) is 8.42 Å². The second kappa shape index (κ2) is 7.60. The van der Waals surface area contributed by atoms with Gasteiger partial charge in [-0.05, 0) is 87.6 Å². The van der Waals surface area contributed by atoms with Crippen molar-refractivity contribution >= 4 is 21.0 Å². The lowest BCUT2D eigenvalue weighted by atomic mass is 9.88. The standard InChI is InChI=1S/C23H24F2N2O3S/c1-26-10-7-15(8-11-26)19-14-18(13-16-12-17-4-3-9-27(17)22(16)19)30-31(28,29)23-20(24)5-2-6-21(23)25/h2,5-6,12-15H,3-4,7-11H2,1H3. The van der Waals surface area contributed by atoms with Crippen LogP contribution in [0.1, 0.15) is 36.4 Å². The normalized spacial score (nSPS) is 17.9. The number of piperidine rings is 1. The molecule has 31 heavy (non-hydrogen) atoms. The number of benzene rings is 2. The molecule has 3 heterocycles. The summed E-state index contributed by atoms with van der Waals surface area (Å²) in [5.74, 6) is -1.97. The van der Waals surface area contributed by atoms with E-state index in [0.717, 1.165) is 80.0 Å². The first-order valence-corrected chi connectivity index (χ1v) is 12.0. The number of halogens is 2. The zero-order chi connectivity index (χ0) is 21.8. The van der Waals surface area contributed by atoms with Crippen LogP contribution in [0.2, 0.25) is 0 Å². The van der Waals surface area contributed by atoms with Crippen LogP contribution in [-0.2, 0) is 23.1 Å². The molecule has 0 radical (unpaired) electrons. The minimum atomic E-state index is -4.66. The van der Waals surface area contributed by atoms with Crippen molar-refractivity contribution in [3.8, 4) is 5.75 Å². The Labute approximate surface area is 180 Å². The van der Waals surface area contributed by atoms with Gasteiger partial charge in [0.15, 0.2) is 4.90 Å². The molecular weight excluding hydrogens is 422 g/mol. The van der Waals surface area contributed by atoms with E-state index in [1.54, 1.807) is 12.1 Å². The Hall–Kier alpha value is -2.45. The molecule has 2 aliphatic rings. The third kappa shape index (κ3) is 3.61. The van der Waals surface area contributed by atoms with Crippen LogP contribution in [0.4, 0.5) is 8.78 Å². The summed E-state index contributed by atoms with van der Waals surface area (Å²) in [4.78, 5) is 1.22. The average Bonchev–Trinajstić information content (AvgIpc) is 3.28. The zero-order valence-electron chi connectivity index (χ0n) is 17.3. The molecule has 1 saturated heterocycles. The summed E-state index contributed by atoms with van der Waals surface area (Å²) in [7, 11) is -2.57. The molecule has 0 bridgehead atoms. The van der Waals surface area contributed by atoms with E-state index >= 15 is 0 Å². The van der Waals surface area contributed by atoms with Gasteiger partial charge in [0, 0.05) is 17.6 Å². The van der Waals surface area contributed by atoms with Crippen LogP contribution in [0, 0.1) is 11.6 Å². The van der Waals surface area contributed by atoms with E-state index in [1.807, 2.05) is 0 Å². The molecule has 0 saturated carbocycles. The smallest absolute Gasteiger partial charge is 0.345 e. The van der Waals surface area contributed by atoms with Crippen molar-refractivity contribution in [1.29, 1.82) is 0 Å². The first-order valence-electron chi connectivity index (χ1n) is 10.6. The van der Waals surface area contributed by atoms with Crippen LogP contribution in [-0.4, -0.2) is 38.0 Å². The Morgan fingerprint density at radius 1 is 1.03 bits per heavy atom. The van der Waals surface area contributed by atoms with Crippen LogP contribution in [0.15, 0.2) is 41.3 Å². The zero-order valence-corrected chi connectivity index (χ0v) is 18.1. The molecule has 0 spiro atoms. The van der Waals surface area contributed by atoms with Crippen molar-refractivity contribution in [3.05, 3.63) is 59.3 Å². The van der Waals surface area contributed by atoms with Gasteiger partial charge in [0.05, 0.1) is 5.52 Å². The van der Waals surface area contributed by atoms with E-state index in [2.05, 4.69) is 22.6 Å². The summed E-state index contributed by atoms with van der Waals surface area (Å²) in [5, 5.41) is 0.908. The molecule has 0 N–H and O–H groups in total. The molecule has 1 aromatic heterocycles. The third-order valence-electron chi connectivity index (χ3n) is 6.43. The summed E-state index contributed by atoms with van der Waals surface area (Å²) in [6, 6.07) is 8.42. The van der Waals surface area contributed by atoms with Crippen LogP contribution in [0.25, 0.3) is 10.9 Å². The fourth-order valence-corrected chi connectivity index (χ4v) is 5.97. The number of aryl methyl sites for hydroxylation is 2. The quantitative estimate of drug-likeness (QED) is 0.556. The maximum atomic E-state index is 14.1. The molecule has 0 atom stereocenters. The maximum absolute atomic E-state index is 14.1. The molecule has 0 aliphatic carbocycles. The Morgan fingerprint density at radius 2 is 1.74 bits per heavy atom. The van der Waals surface area contributed by atoms with Crippen LogP contribution in [0.5, 0.6) is 5.75 Å².